The first-order valence-corrected chi connectivity index (χ1v) is 12.9. The van der Waals surface area contributed by atoms with Gasteiger partial charge in [-0.2, -0.15) is 0 Å². The molecule has 0 fully saturated rings. The normalized spacial score (nSPS) is 12.5. The minimum Gasteiger partial charge on any atom is -0.462 e. The van der Waals surface area contributed by atoms with E-state index in [1.54, 1.807) is 0 Å². The number of carbonyl (C=O) groups is 2. The van der Waals surface area contributed by atoms with E-state index in [4.69, 9.17) is 19.3 Å². The van der Waals surface area contributed by atoms with Gasteiger partial charge < -0.3 is 19.3 Å². The molecule has 0 aliphatic rings. The zero-order valence-corrected chi connectivity index (χ0v) is 19.6. The van der Waals surface area contributed by atoms with Crippen molar-refractivity contribution in [2.24, 2.45) is 0 Å². The Balaban J connectivity index is 4.19. The van der Waals surface area contributed by atoms with Crippen LogP contribution in [-0.4, -0.2) is 41.0 Å². The Bertz CT molecular complexity index is 491. The number of unbranched alkanes of at least 4 members (excludes halogenated alkanes) is 10. The maximum absolute atomic E-state index is 12.0. The Kier molecular flexibility index (Phi) is 18.2. The fourth-order valence-corrected chi connectivity index (χ4v) is 3.26. The number of hydrogen-bond acceptors (Lipinski definition) is 6. The van der Waals surface area contributed by atoms with Crippen LogP contribution >= 0.6 is 7.82 Å². The maximum Gasteiger partial charge on any atom is 0.469 e. The monoisotopic (exact) mass is 452 g/mol. The van der Waals surface area contributed by atoms with Gasteiger partial charge in [0.15, 0.2) is 6.10 Å². The van der Waals surface area contributed by atoms with Crippen molar-refractivity contribution in [2.75, 3.05) is 13.2 Å². The summed E-state index contributed by atoms with van der Waals surface area (Å²) in [7, 11) is -4.71. The molecule has 1 atom stereocenters. The lowest BCUT2D eigenvalue weighted by Crippen LogP contribution is -2.29. The molecule has 0 amide bonds. The van der Waals surface area contributed by atoms with E-state index in [9.17, 15) is 14.2 Å². The van der Waals surface area contributed by atoms with Crippen LogP contribution in [0, 0.1) is 0 Å². The molecule has 0 rings (SSSR count). The largest absolute Gasteiger partial charge is 0.469 e. The van der Waals surface area contributed by atoms with Gasteiger partial charge in [-0.25, -0.2) is 4.57 Å². The molecule has 8 nitrogen and oxygen atoms in total. The van der Waals surface area contributed by atoms with Gasteiger partial charge in [0.25, 0.3) is 0 Å². The Labute approximate surface area is 181 Å². The first-order valence-electron chi connectivity index (χ1n) is 11.3. The van der Waals surface area contributed by atoms with E-state index < -0.39 is 32.5 Å². The molecule has 2 N–H and O–H groups in total. The van der Waals surface area contributed by atoms with Crippen molar-refractivity contribution < 1.29 is 37.9 Å². The molecular weight excluding hydrogens is 411 g/mol. The van der Waals surface area contributed by atoms with Gasteiger partial charge in [-0.15, -0.1) is 0 Å². The summed E-state index contributed by atoms with van der Waals surface area (Å²) in [6, 6.07) is 0. The van der Waals surface area contributed by atoms with Crippen molar-refractivity contribution in [3.63, 3.8) is 0 Å². The van der Waals surface area contributed by atoms with E-state index >= 15 is 0 Å². The minimum atomic E-state index is -4.71. The predicted molar refractivity (Wildman–Crippen MR) is 115 cm³/mol. The lowest BCUT2D eigenvalue weighted by atomic mass is 10.1. The summed E-state index contributed by atoms with van der Waals surface area (Å²) in [5, 5.41) is 0. The Morgan fingerprint density at radius 3 is 1.70 bits per heavy atom. The van der Waals surface area contributed by atoms with Gasteiger partial charge in [-0.3, -0.25) is 14.1 Å². The van der Waals surface area contributed by atoms with Crippen molar-refractivity contribution in [1.29, 1.82) is 0 Å². The summed E-state index contributed by atoms with van der Waals surface area (Å²) in [5.41, 5.74) is 0. The van der Waals surface area contributed by atoms with Crippen molar-refractivity contribution in [3.8, 4) is 0 Å². The molecule has 0 unspecified atom stereocenters. The summed E-state index contributed by atoms with van der Waals surface area (Å²) in [6.07, 6.45) is 11.9. The van der Waals surface area contributed by atoms with Crippen LogP contribution in [0.25, 0.3) is 0 Å². The molecule has 9 heteroatoms. The standard InChI is InChI=1S/C21H41O8P/c1-3-5-7-9-10-12-13-15-20(22)27-17-19(18-28-30(24,25)26)29-21(23)16-14-11-8-6-4-2/h19H,3-18H2,1-2H3,(H2,24,25,26)/t19-/m1/s1. The number of rotatable bonds is 20. The zero-order valence-electron chi connectivity index (χ0n) is 18.7. The van der Waals surface area contributed by atoms with Crippen LogP contribution < -0.4 is 0 Å². The molecule has 0 aromatic rings. The molecule has 0 heterocycles. The van der Waals surface area contributed by atoms with Crippen LogP contribution in [0.1, 0.15) is 104 Å². The van der Waals surface area contributed by atoms with Crippen LogP contribution in [0.5, 0.6) is 0 Å². The SMILES string of the molecule is CCCCCCCCCC(=O)OC[C@H](COP(=O)(O)O)OC(=O)CCCCCCC. The second kappa shape index (κ2) is 18.8. The number of hydrogen-bond donors (Lipinski definition) is 2. The van der Waals surface area contributed by atoms with E-state index in [1.807, 2.05) is 0 Å². The average Bonchev–Trinajstić information content (AvgIpc) is 2.68. The van der Waals surface area contributed by atoms with Gasteiger partial charge in [0, 0.05) is 12.8 Å². The predicted octanol–water partition coefficient (Wildman–Crippen LogP) is 5.05. The van der Waals surface area contributed by atoms with E-state index in [2.05, 4.69) is 18.4 Å². The van der Waals surface area contributed by atoms with Crippen LogP contribution in [0.15, 0.2) is 0 Å². The third-order valence-corrected chi connectivity index (χ3v) is 5.11. The maximum atomic E-state index is 12.0. The molecule has 0 saturated heterocycles. The topological polar surface area (TPSA) is 119 Å². The summed E-state index contributed by atoms with van der Waals surface area (Å²) >= 11 is 0. The molecule has 0 aromatic heterocycles. The van der Waals surface area contributed by atoms with Gasteiger partial charge in [0.05, 0.1) is 6.61 Å². The lowest BCUT2D eigenvalue weighted by molar-refractivity contribution is -0.161. The van der Waals surface area contributed by atoms with Gasteiger partial charge in [-0.05, 0) is 12.8 Å². The Hall–Kier alpha value is -0.950. The first kappa shape index (κ1) is 29.1. The smallest absolute Gasteiger partial charge is 0.462 e. The molecule has 0 aliphatic carbocycles. The average molecular weight is 453 g/mol. The van der Waals surface area contributed by atoms with Crippen molar-refractivity contribution >= 4 is 19.8 Å². The third-order valence-electron chi connectivity index (χ3n) is 4.63. The summed E-state index contributed by atoms with van der Waals surface area (Å²) in [6.45, 7) is 3.46. The summed E-state index contributed by atoms with van der Waals surface area (Å²) < 4.78 is 25.7. The van der Waals surface area contributed by atoms with Crippen LogP contribution in [-0.2, 0) is 28.2 Å². The van der Waals surface area contributed by atoms with Gasteiger partial charge in [-0.1, -0.05) is 78.1 Å². The molecule has 0 radical (unpaired) electrons. The highest BCUT2D eigenvalue weighted by atomic mass is 31.2. The highest BCUT2D eigenvalue weighted by Crippen LogP contribution is 2.35. The molecule has 30 heavy (non-hydrogen) atoms. The van der Waals surface area contributed by atoms with Crippen LogP contribution in [0.2, 0.25) is 0 Å². The number of esters is 2. The minimum absolute atomic E-state index is 0.210. The quantitative estimate of drug-likeness (QED) is 0.150. The molecule has 0 aliphatic heterocycles. The second-order valence-electron chi connectivity index (χ2n) is 7.62. The number of phosphoric ester groups is 1. The van der Waals surface area contributed by atoms with Crippen molar-refractivity contribution in [1.82, 2.24) is 0 Å². The Morgan fingerprint density at radius 1 is 0.733 bits per heavy atom. The summed E-state index contributed by atoms with van der Waals surface area (Å²) in [4.78, 5) is 41.6. The highest BCUT2D eigenvalue weighted by molar-refractivity contribution is 7.46. The first-order chi connectivity index (χ1) is 14.3. The molecule has 0 spiro atoms. The zero-order chi connectivity index (χ0) is 22.7. The molecule has 0 bridgehead atoms. The fourth-order valence-electron chi connectivity index (χ4n) is 2.90. The van der Waals surface area contributed by atoms with Crippen molar-refractivity contribution in [3.05, 3.63) is 0 Å². The number of ether oxygens (including phenoxy) is 2. The fraction of sp³-hybridized carbons (Fsp3) is 0.905. The van der Waals surface area contributed by atoms with E-state index in [0.29, 0.717) is 6.42 Å². The van der Waals surface area contributed by atoms with Gasteiger partial charge in [0.1, 0.15) is 6.61 Å². The lowest BCUT2D eigenvalue weighted by Gasteiger charge is -2.18. The second-order valence-corrected chi connectivity index (χ2v) is 8.86. The Morgan fingerprint density at radius 2 is 1.20 bits per heavy atom. The molecule has 0 aromatic carbocycles. The van der Waals surface area contributed by atoms with Gasteiger partial charge >= 0.3 is 19.8 Å². The summed E-state index contributed by atoms with van der Waals surface area (Å²) in [5.74, 6) is -0.908. The van der Waals surface area contributed by atoms with Crippen LogP contribution in [0.3, 0.4) is 0 Å². The van der Waals surface area contributed by atoms with Crippen molar-refractivity contribution in [2.45, 2.75) is 110 Å². The van der Waals surface area contributed by atoms with Gasteiger partial charge in [0.2, 0.25) is 0 Å². The van der Waals surface area contributed by atoms with E-state index in [1.165, 1.54) is 25.7 Å². The number of phosphoric acid groups is 1. The molecule has 178 valence electrons. The highest BCUT2D eigenvalue weighted by Gasteiger charge is 2.22. The van der Waals surface area contributed by atoms with E-state index in [0.717, 1.165) is 44.9 Å². The molecular formula is C21H41O8P. The third kappa shape index (κ3) is 20.3. The van der Waals surface area contributed by atoms with E-state index in [-0.39, 0.29) is 19.4 Å². The molecule has 0 saturated carbocycles. The number of carbonyl (C=O) groups excluding carboxylic acids is 2. The van der Waals surface area contributed by atoms with Crippen LogP contribution in [0.4, 0.5) is 0 Å².